The zero-order chi connectivity index (χ0) is 18.0. The predicted octanol–water partition coefficient (Wildman–Crippen LogP) is 3.18. The lowest BCUT2D eigenvalue weighted by atomic mass is 10.1. The highest BCUT2D eigenvalue weighted by atomic mass is 32.1. The Morgan fingerprint density at radius 2 is 2.12 bits per heavy atom. The molecule has 0 aliphatic rings. The van der Waals surface area contributed by atoms with Gasteiger partial charge >= 0.3 is 0 Å². The molecule has 1 heterocycles. The zero-order valence-corrected chi connectivity index (χ0v) is 16.0. The number of hydrogen-bond donors (Lipinski definition) is 3. The van der Waals surface area contributed by atoms with Gasteiger partial charge in [0.15, 0.2) is 0 Å². The Balaban J connectivity index is 2.26. The lowest BCUT2D eigenvalue weighted by molar-refractivity contribution is -0.116. The second kappa shape index (κ2) is 10.6. The maximum absolute atomic E-state index is 11.8. The molecular formula is C17H31N3O3S. The van der Waals surface area contributed by atoms with E-state index in [2.05, 4.69) is 22.5 Å². The maximum atomic E-state index is 11.8. The summed E-state index contributed by atoms with van der Waals surface area (Å²) in [5.74, 6) is 0.00992. The van der Waals surface area contributed by atoms with Gasteiger partial charge in [-0.1, -0.05) is 37.5 Å². The molecule has 0 saturated carbocycles. The normalized spacial score (nSPS) is 12.9. The maximum Gasteiger partial charge on any atom is 0.275 e. The molecule has 6 nitrogen and oxygen atoms in total. The second-order valence-electron chi connectivity index (χ2n) is 6.94. The summed E-state index contributed by atoms with van der Waals surface area (Å²) in [4.78, 5) is 15.9. The number of carbonyl (C=O) groups excluding carboxylic acids is 1. The van der Waals surface area contributed by atoms with Crippen LogP contribution in [0.2, 0.25) is 0 Å². The zero-order valence-electron chi connectivity index (χ0n) is 15.2. The van der Waals surface area contributed by atoms with Crippen molar-refractivity contribution in [2.75, 3.05) is 18.5 Å². The van der Waals surface area contributed by atoms with Gasteiger partial charge < -0.3 is 20.5 Å². The average molecular weight is 358 g/mol. The fourth-order valence-electron chi connectivity index (χ4n) is 1.95. The molecule has 0 aliphatic heterocycles. The highest BCUT2D eigenvalue weighted by Gasteiger charge is 2.13. The van der Waals surface area contributed by atoms with Gasteiger partial charge in [0.25, 0.3) is 5.19 Å². The number of amides is 1. The van der Waals surface area contributed by atoms with Crippen molar-refractivity contribution in [3.8, 4) is 5.19 Å². The number of hydrogen-bond acceptors (Lipinski definition) is 6. The molecule has 1 aromatic heterocycles. The molecule has 0 aromatic carbocycles. The molecule has 1 unspecified atom stereocenters. The Hall–Kier alpha value is -1.18. The predicted molar refractivity (Wildman–Crippen MR) is 98.8 cm³/mol. The molecule has 0 spiro atoms. The van der Waals surface area contributed by atoms with Gasteiger partial charge in [-0.05, 0) is 27.2 Å². The summed E-state index contributed by atoms with van der Waals surface area (Å²) in [6.07, 6.45) is 5.84. The lowest BCUT2D eigenvalue weighted by Crippen LogP contribution is -2.42. The Morgan fingerprint density at radius 3 is 2.79 bits per heavy atom. The summed E-state index contributed by atoms with van der Waals surface area (Å²) in [5, 5.41) is 17.1. The number of aliphatic hydroxyl groups excluding tert-OH is 1. The molecule has 1 amide bonds. The highest BCUT2D eigenvalue weighted by Crippen LogP contribution is 2.25. The fourth-order valence-corrected chi connectivity index (χ4v) is 2.64. The van der Waals surface area contributed by atoms with E-state index in [9.17, 15) is 9.90 Å². The monoisotopic (exact) mass is 357 g/mol. The highest BCUT2D eigenvalue weighted by molar-refractivity contribution is 7.17. The second-order valence-corrected chi connectivity index (χ2v) is 7.94. The van der Waals surface area contributed by atoms with Crippen molar-refractivity contribution in [2.24, 2.45) is 0 Å². The average Bonchev–Trinajstić information content (AvgIpc) is 2.94. The Labute approximate surface area is 149 Å². The molecule has 24 heavy (non-hydrogen) atoms. The Bertz CT molecular complexity index is 486. The van der Waals surface area contributed by atoms with E-state index < -0.39 is 6.10 Å². The van der Waals surface area contributed by atoms with Gasteiger partial charge in [0, 0.05) is 18.5 Å². The van der Waals surface area contributed by atoms with E-state index in [1.807, 2.05) is 20.8 Å². The molecule has 0 bridgehead atoms. The number of ether oxygens (including phenoxy) is 1. The van der Waals surface area contributed by atoms with E-state index in [4.69, 9.17) is 4.74 Å². The molecule has 138 valence electrons. The molecule has 0 saturated heterocycles. The van der Waals surface area contributed by atoms with Crippen LogP contribution in [0.1, 0.15) is 59.8 Å². The van der Waals surface area contributed by atoms with Gasteiger partial charge in [-0.2, -0.15) is 0 Å². The van der Waals surface area contributed by atoms with Crippen molar-refractivity contribution in [3.05, 3.63) is 6.20 Å². The number of rotatable bonds is 11. The largest absolute Gasteiger partial charge is 0.467 e. The fraction of sp³-hybridized carbons (Fsp3) is 0.765. The number of unbranched alkanes of at least 4 members (excludes halogenated alkanes) is 3. The molecule has 0 aliphatic carbocycles. The van der Waals surface area contributed by atoms with Crippen LogP contribution >= 0.6 is 11.3 Å². The molecule has 1 atom stereocenters. The number of β-amino-alcohol motifs (C(OH)–C–C–N with tert-alkyl or cyclic N) is 1. The third-order valence-corrected chi connectivity index (χ3v) is 4.10. The van der Waals surface area contributed by atoms with Gasteiger partial charge in [0.05, 0.1) is 6.20 Å². The van der Waals surface area contributed by atoms with Crippen molar-refractivity contribution in [2.45, 2.75) is 71.4 Å². The van der Waals surface area contributed by atoms with Crippen molar-refractivity contribution < 1.29 is 14.6 Å². The first kappa shape index (κ1) is 20.9. The molecule has 7 heteroatoms. The summed E-state index contributed by atoms with van der Waals surface area (Å²) in [7, 11) is 0. The molecule has 1 aromatic rings. The number of nitrogens with zero attached hydrogens (tertiary/aromatic N) is 1. The quantitative estimate of drug-likeness (QED) is 0.530. The number of aliphatic hydroxyl groups is 1. The van der Waals surface area contributed by atoms with E-state index in [1.165, 1.54) is 11.3 Å². The number of thiazole rings is 1. The number of aromatic nitrogens is 1. The Morgan fingerprint density at radius 1 is 1.38 bits per heavy atom. The minimum atomic E-state index is -0.607. The van der Waals surface area contributed by atoms with E-state index >= 15 is 0 Å². The van der Waals surface area contributed by atoms with Crippen LogP contribution in [0.4, 0.5) is 5.00 Å². The summed E-state index contributed by atoms with van der Waals surface area (Å²) < 4.78 is 5.47. The smallest absolute Gasteiger partial charge is 0.275 e. The Kier molecular flexibility index (Phi) is 9.25. The molecule has 1 rings (SSSR count). The van der Waals surface area contributed by atoms with Gasteiger partial charge in [-0.15, -0.1) is 0 Å². The minimum Gasteiger partial charge on any atom is -0.467 e. The van der Waals surface area contributed by atoms with Crippen LogP contribution in [0, 0.1) is 0 Å². The van der Waals surface area contributed by atoms with Crippen molar-refractivity contribution >= 4 is 22.2 Å². The van der Waals surface area contributed by atoms with Crippen LogP contribution in [0.5, 0.6) is 5.19 Å². The van der Waals surface area contributed by atoms with Crippen LogP contribution in [-0.2, 0) is 4.79 Å². The van der Waals surface area contributed by atoms with Crippen LogP contribution < -0.4 is 15.4 Å². The van der Waals surface area contributed by atoms with E-state index in [0.29, 0.717) is 23.2 Å². The number of carbonyl (C=O) groups is 1. The standard InChI is InChI=1S/C17H31N3O3S/c1-5-6-7-8-9-14(22)20-15-11-18-16(24-15)23-12-13(21)10-19-17(2,3)4/h11,13,19,21H,5-10,12H2,1-4H3,(H,20,22). The topological polar surface area (TPSA) is 83.5 Å². The van der Waals surface area contributed by atoms with E-state index in [1.54, 1.807) is 6.20 Å². The summed E-state index contributed by atoms with van der Waals surface area (Å²) in [6.45, 7) is 8.89. The number of nitrogens with one attached hydrogen (secondary N) is 2. The van der Waals surface area contributed by atoms with E-state index in [-0.39, 0.29) is 18.1 Å². The van der Waals surface area contributed by atoms with Crippen molar-refractivity contribution in [1.82, 2.24) is 10.3 Å². The molecule has 3 N–H and O–H groups in total. The van der Waals surface area contributed by atoms with Crippen molar-refractivity contribution in [1.29, 1.82) is 0 Å². The molecule has 0 radical (unpaired) electrons. The number of anilines is 1. The SMILES string of the molecule is CCCCCCC(=O)Nc1cnc(OCC(O)CNC(C)(C)C)s1. The minimum absolute atomic E-state index is 0.00992. The molecule has 0 fully saturated rings. The van der Waals surface area contributed by atoms with E-state index in [0.717, 1.165) is 25.7 Å². The molecular weight excluding hydrogens is 326 g/mol. The summed E-state index contributed by atoms with van der Waals surface area (Å²) in [6, 6.07) is 0. The first-order chi connectivity index (χ1) is 11.3. The van der Waals surface area contributed by atoms with Crippen LogP contribution in [0.25, 0.3) is 0 Å². The third kappa shape index (κ3) is 9.85. The summed E-state index contributed by atoms with van der Waals surface area (Å²) in [5.41, 5.74) is -0.0449. The lowest BCUT2D eigenvalue weighted by Gasteiger charge is -2.22. The van der Waals surface area contributed by atoms with Crippen molar-refractivity contribution in [3.63, 3.8) is 0 Å². The first-order valence-corrected chi connectivity index (χ1v) is 9.43. The van der Waals surface area contributed by atoms with Gasteiger partial charge in [0.2, 0.25) is 5.91 Å². The van der Waals surface area contributed by atoms with Crippen LogP contribution in [-0.4, -0.2) is 40.8 Å². The van der Waals surface area contributed by atoms with Gasteiger partial charge in [0.1, 0.15) is 17.7 Å². The van der Waals surface area contributed by atoms with Gasteiger partial charge in [-0.3, -0.25) is 4.79 Å². The third-order valence-electron chi connectivity index (χ3n) is 3.27. The summed E-state index contributed by atoms with van der Waals surface area (Å²) >= 11 is 1.27. The first-order valence-electron chi connectivity index (χ1n) is 8.61. The van der Waals surface area contributed by atoms with Gasteiger partial charge in [-0.25, -0.2) is 4.98 Å². The van der Waals surface area contributed by atoms with Crippen LogP contribution in [0.15, 0.2) is 6.20 Å². The van der Waals surface area contributed by atoms with Crippen LogP contribution in [0.3, 0.4) is 0 Å².